The molecule has 0 unspecified atom stereocenters. The van der Waals surface area contributed by atoms with E-state index in [1.165, 1.54) is 40.3 Å². The second-order valence-electron chi connectivity index (χ2n) is 8.61. The summed E-state index contributed by atoms with van der Waals surface area (Å²) in [5, 5.41) is 0.691. The summed E-state index contributed by atoms with van der Waals surface area (Å²) in [6.07, 6.45) is 1.71. The van der Waals surface area contributed by atoms with Gasteiger partial charge in [-0.1, -0.05) is 12.1 Å². The Morgan fingerprint density at radius 1 is 0.943 bits per heavy atom. The van der Waals surface area contributed by atoms with Gasteiger partial charge in [-0.15, -0.1) is 0 Å². The summed E-state index contributed by atoms with van der Waals surface area (Å²) < 4.78 is 68.8. The van der Waals surface area contributed by atoms with Crippen LogP contribution in [0.4, 0.5) is 4.39 Å². The summed E-state index contributed by atoms with van der Waals surface area (Å²) in [5.41, 5.74) is 8.60. The van der Waals surface area contributed by atoms with Gasteiger partial charge in [-0.25, -0.2) is 29.8 Å². The SMILES string of the molecule is Cc1c(Cc2ccc(S(=O)(=O)N(C)C)cc2)c2cc(S(=O)(=O)N(C)C)ccc2n1C/C(F)=C/CN. The van der Waals surface area contributed by atoms with E-state index in [1.54, 1.807) is 41.0 Å². The average molecular weight is 523 g/mol. The van der Waals surface area contributed by atoms with Gasteiger partial charge < -0.3 is 10.3 Å². The number of benzene rings is 2. The van der Waals surface area contributed by atoms with Gasteiger partial charge in [0.15, 0.2) is 0 Å². The van der Waals surface area contributed by atoms with E-state index in [4.69, 9.17) is 5.73 Å². The lowest BCUT2D eigenvalue weighted by atomic mass is 10.0. The van der Waals surface area contributed by atoms with E-state index in [-0.39, 0.29) is 28.7 Å². The van der Waals surface area contributed by atoms with Gasteiger partial charge in [0, 0.05) is 51.3 Å². The van der Waals surface area contributed by atoms with E-state index in [0.29, 0.717) is 17.3 Å². The molecule has 0 fully saturated rings. The maximum Gasteiger partial charge on any atom is 0.242 e. The molecule has 1 aromatic heterocycles. The Morgan fingerprint density at radius 2 is 1.49 bits per heavy atom. The van der Waals surface area contributed by atoms with Crippen LogP contribution in [-0.2, 0) is 33.0 Å². The molecule has 1 heterocycles. The van der Waals surface area contributed by atoms with Crippen LogP contribution in [0.2, 0.25) is 0 Å². The van der Waals surface area contributed by atoms with E-state index < -0.39 is 20.0 Å². The number of fused-ring (bicyclic) bond motifs is 1. The Kier molecular flexibility index (Phi) is 7.87. The molecule has 11 heteroatoms. The average Bonchev–Trinajstić information content (AvgIpc) is 3.04. The van der Waals surface area contributed by atoms with Crippen molar-refractivity contribution in [3.8, 4) is 0 Å². The third-order valence-corrected chi connectivity index (χ3v) is 9.58. The van der Waals surface area contributed by atoms with Gasteiger partial charge in [-0.2, -0.15) is 0 Å². The van der Waals surface area contributed by atoms with Gasteiger partial charge in [-0.3, -0.25) is 0 Å². The summed E-state index contributed by atoms with van der Waals surface area (Å²) in [7, 11) is -1.35. The van der Waals surface area contributed by atoms with E-state index in [1.807, 2.05) is 6.92 Å². The summed E-state index contributed by atoms with van der Waals surface area (Å²) >= 11 is 0. The van der Waals surface area contributed by atoms with E-state index in [0.717, 1.165) is 25.4 Å². The van der Waals surface area contributed by atoms with Crippen molar-refractivity contribution in [2.24, 2.45) is 5.73 Å². The Morgan fingerprint density at radius 3 is 2.03 bits per heavy atom. The molecule has 0 aliphatic heterocycles. The fourth-order valence-electron chi connectivity index (χ4n) is 3.87. The number of halogens is 1. The lowest BCUT2D eigenvalue weighted by molar-refractivity contribution is 0.520. The lowest BCUT2D eigenvalue weighted by Crippen LogP contribution is -2.22. The normalized spacial score (nSPS) is 13.3. The maximum absolute atomic E-state index is 14.4. The van der Waals surface area contributed by atoms with Crippen molar-refractivity contribution < 1.29 is 21.2 Å². The molecule has 0 saturated heterocycles. The predicted octanol–water partition coefficient (Wildman–Crippen LogP) is 2.85. The van der Waals surface area contributed by atoms with Crippen LogP contribution in [0.1, 0.15) is 16.8 Å². The topological polar surface area (TPSA) is 106 Å². The van der Waals surface area contributed by atoms with Gasteiger partial charge >= 0.3 is 0 Å². The first kappa shape index (κ1) is 27.0. The molecule has 0 aliphatic carbocycles. The van der Waals surface area contributed by atoms with Gasteiger partial charge in [0.1, 0.15) is 5.83 Å². The lowest BCUT2D eigenvalue weighted by Gasteiger charge is -2.12. The molecule has 2 N–H and O–H groups in total. The van der Waals surface area contributed by atoms with E-state index in [2.05, 4.69) is 0 Å². The van der Waals surface area contributed by atoms with Gasteiger partial charge in [-0.05, 0) is 60.9 Å². The highest BCUT2D eigenvalue weighted by Crippen LogP contribution is 2.32. The molecule has 0 bridgehead atoms. The van der Waals surface area contributed by atoms with Crippen LogP contribution in [-0.4, -0.2) is 64.7 Å². The fourth-order valence-corrected chi connectivity index (χ4v) is 5.70. The minimum atomic E-state index is -3.67. The number of nitrogens with zero attached hydrogens (tertiary/aromatic N) is 3. The zero-order valence-electron chi connectivity index (χ0n) is 20.5. The molecule has 190 valence electrons. The highest BCUT2D eigenvalue weighted by molar-refractivity contribution is 7.89. The minimum absolute atomic E-state index is 0.0284. The van der Waals surface area contributed by atoms with Gasteiger partial charge in [0.2, 0.25) is 20.0 Å². The van der Waals surface area contributed by atoms with Gasteiger partial charge in [0.25, 0.3) is 0 Å². The molecule has 3 rings (SSSR count). The van der Waals surface area contributed by atoms with Crippen molar-refractivity contribution >= 4 is 30.9 Å². The standard InChI is InChI=1S/C24H31FN4O4S2/c1-17-22(14-18-6-8-20(9-7-18)34(30,31)27(2)3)23-15-21(35(32,33)28(4)5)10-11-24(23)29(17)16-19(25)12-13-26/h6-12,15H,13-14,16,26H2,1-5H3/b19-12-. The number of aromatic nitrogens is 1. The number of sulfonamides is 2. The zero-order valence-corrected chi connectivity index (χ0v) is 22.1. The minimum Gasteiger partial charge on any atom is -0.338 e. The van der Waals surface area contributed by atoms with Gasteiger partial charge in [0.05, 0.1) is 16.3 Å². The largest absolute Gasteiger partial charge is 0.338 e. The summed E-state index contributed by atoms with van der Waals surface area (Å²) in [4.78, 5) is 0.317. The summed E-state index contributed by atoms with van der Waals surface area (Å²) in [5.74, 6) is -0.387. The van der Waals surface area contributed by atoms with Crippen LogP contribution in [0.25, 0.3) is 10.9 Å². The smallest absolute Gasteiger partial charge is 0.242 e. The Balaban J connectivity index is 2.15. The Labute approximate surface area is 206 Å². The van der Waals surface area contributed by atoms with Crippen molar-refractivity contribution in [1.82, 2.24) is 13.2 Å². The second kappa shape index (κ2) is 10.2. The summed E-state index contributed by atoms with van der Waals surface area (Å²) in [6, 6.07) is 11.4. The van der Waals surface area contributed by atoms with Crippen molar-refractivity contribution in [2.45, 2.75) is 29.7 Å². The molecule has 0 spiro atoms. The van der Waals surface area contributed by atoms with Crippen LogP contribution in [0.5, 0.6) is 0 Å². The maximum atomic E-state index is 14.4. The third-order valence-electron chi connectivity index (χ3n) is 5.94. The highest BCUT2D eigenvalue weighted by atomic mass is 32.2. The van der Waals surface area contributed by atoms with Crippen molar-refractivity contribution in [3.63, 3.8) is 0 Å². The second-order valence-corrected chi connectivity index (χ2v) is 12.9. The van der Waals surface area contributed by atoms with E-state index in [9.17, 15) is 21.2 Å². The first-order chi connectivity index (χ1) is 16.3. The number of rotatable bonds is 9. The highest BCUT2D eigenvalue weighted by Gasteiger charge is 2.22. The quantitative estimate of drug-likeness (QED) is 0.465. The Hall–Kier alpha value is -2.57. The van der Waals surface area contributed by atoms with E-state index >= 15 is 0 Å². The van der Waals surface area contributed by atoms with Crippen molar-refractivity contribution in [1.29, 1.82) is 0 Å². The molecule has 2 aromatic carbocycles. The summed E-state index contributed by atoms with van der Waals surface area (Å²) in [6.45, 7) is 1.90. The Bertz CT molecular complexity index is 1470. The van der Waals surface area contributed by atoms with Crippen molar-refractivity contribution in [2.75, 3.05) is 34.7 Å². The van der Waals surface area contributed by atoms with Crippen LogP contribution < -0.4 is 5.73 Å². The molecule has 0 radical (unpaired) electrons. The number of hydrogen-bond donors (Lipinski definition) is 1. The molecular formula is C24H31FN4O4S2. The molecule has 0 saturated carbocycles. The molecule has 0 aliphatic rings. The molecule has 0 amide bonds. The molecule has 0 atom stereocenters. The van der Waals surface area contributed by atoms with Crippen LogP contribution in [0, 0.1) is 6.92 Å². The van der Waals surface area contributed by atoms with Crippen LogP contribution in [0.3, 0.4) is 0 Å². The number of nitrogens with two attached hydrogens (primary N) is 1. The zero-order chi connectivity index (χ0) is 26.1. The monoisotopic (exact) mass is 522 g/mol. The van der Waals surface area contributed by atoms with Crippen LogP contribution >= 0.6 is 0 Å². The van der Waals surface area contributed by atoms with Crippen LogP contribution in [0.15, 0.2) is 64.2 Å². The molecular weight excluding hydrogens is 491 g/mol. The first-order valence-electron chi connectivity index (χ1n) is 10.9. The number of allylic oxidation sites excluding steroid dienone is 1. The molecule has 3 aromatic rings. The molecule has 35 heavy (non-hydrogen) atoms. The van der Waals surface area contributed by atoms with Crippen molar-refractivity contribution in [3.05, 3.63) is 71.2 Å². The predicted molar refractivity (Wildman–Crippen MR) is 136 cm³/mol. The third kappa shape index (κ3) is 5.34. The first-order valence-corrected chi connectivity index (χ1v) is 13.8. The molecule has 8 nitrogen and oxygen atoms in total. The number of hydrogen-bond acceptors (Lipinski definition) is 5. The fraction of sp³-hybridized carbons (Fsp3) is 0.333.